The Morgan fingerprint density at radius 3 is 1.60 bits per heavy atom. The summed E-state index contributed by atoms with van der Waals surface area (Å²) in [7, 11) is 0. The van der Waals surface area contributed by atoms with Gasteiger partial charge in [-0.1, -0.05) is 57.7 Å². The molecule has 2 aromatic carbocycles. The van der Waals surface area contributed by atoms with E-state index in [2.05, 4.69) is 38.8 Å². The van der Waals surface area contributed by atoms with Crippen molar-refractivity contribution in [3.8, 4) is 11.5 Å². The summed E-state index contributed by atoms with van der Waals surface area (Å²) < 4.78 is 0.852. The highest BCUT2D eigenvalue weighted by molar-refractivity contribution is 9.10. The van der Waals surface area contributed by atoms with Gasteiger partial charge >= 0.3 is 11.9 Å². The Labute approximate surface area is 190 Å². The molecule has 7 N–H and O–H groups in total. The molecular weight excluding hydrogens is 522 g/mol. The van der Waals surface area contributed by atoms with Gasteiger partial charge < -0.3 is 26.6 Å². The summed E-state index contributed by atoms with van der Waals surface area (Å²) in [6, 6.07) is 5.63. The van der Waals surface area contributed by atoms with Crippen molar-refractivity contribution in [2.24, 2.45) is 0 Å². The fraction of sp³-hybridized carbons (Fsp3) is 0.238. The first-order valence-electron chi connectivity index (χ1n) is 8.89. The molecule has 2 rings (SSSR count). The molecule has 0 aliphatic carbocycles. The predicted molar refractivity (Wildman–Crippen MR) is 122 cm³/mol. The molecule has 2 aromatic rings. The molecule has 0 aromatic heterocycles. The SMILES string of the molecule is CCCCCC=C(c1cc(Br)cc(C(=O)O)c1O)c1cc(Br)cc(C(=O)O)c1O.N. The molecule has 0 heterocycles. The first kappa shape index (κ1) is 25.7. The minimum Gasteiger partial charge on any atom is -0.506 e. The molecule has 9 heteroatoms. The topological polar surface area (TPSA) is 150 Å². The molecule has 0 saturated heterocycles. The van der Waals surface area contributed by atoms with Crippen LogP contribution < -0.4 is 6.15 Å². The zero-order valence-corrected chi connectivity index (χ0v) is 19.5. The van der Waals surface area contributed by atoms with Crippen LogP contribution in [0.4, 0.5) is 0 Å². The lowest BCUT2D eigenvalue weighted by atomic mass is 9.92. The van der Waals surface area contributed by atoms with Crippen LogP contribution in [0.2, 0.25) is 0 Å². The second kappa shape index (κ2) is 11.1. The third kappa shape index (κ3) is 5.84. The second-order valence-corrected chi connectivity index (χ2v) is 8.25. The van der Waals surface area contributed by atoms with Gasteiger partial charge in [0.1, 0.15) is 22.6 Å². The molecule has 0 radical (unpaired) electrons. The molecule has 0 unspecified atom stereocenters. The summed E-state index contributed by atoms with van der Waals surface area (Å²) in [6.07, 6.45) is 5.20. The number of unbranched alkanes of at least 4 members (excludes halogenated alkanes) is 3. The average molecular weight is 545 g/mol. The Morgan fingerprint density at radius 1 is 0.833 bits per heavy atom. The van der Waals surface area contributed by atoms with Crippen LogP contribution in [0.1, 0.15) is 64.4 Å². The van der Waals surface area contributed by atoms with Crippen LogP contribution in [-0.4, -0.2) is 32.4 Å². The molecule has 0 aliphatic rings. The summed E-state index contributed by atoms with van der Waals surface area (Å²) >= 11 is 6.51. The van der Waals surface area contributed by atoms with Gasteiger partial charge in [0.15, 0.2) is 0 Å². The predicted octanol–water partition coefficient (Wildman–Crippen LogP) is 6.19. The normalized spacial score (nSPS) is 10.2. The van der Waals surface area contributed by atoms with Crippen LogP contribution in [0, 0.1) is 0 Å². The van der Waals surface area contributed by atoms with Gasteiger partial charge in [-0.3, -0.25) is 0 Å². The van der Waals surface area contributed by atoms with E-state index in [0.29, 0.717) is 20.9 Å². The van der Waals surface area contributed by atoms with Gasteiger partial charge in [-0.05, 0) is 42.7 Å². The number of hydrogen-bond donors (Lipinski definition) is 5. The number of allylic oxidation sites excluding steroid dienone is 1. The molecule has 0 spiro atoms. The van der Waals surface area contributed by atoms with Gasteiger partial charge in [0.25, 0.3) is 0 Å². The second-order valence-electron chi connectivity index (χ2n) is 6.42. The molecule has 0 saturated carbocycles. The van der Waals surface area contributed by atoms with E-state index in [4.69, 9.17) is 0 Å². The fourth-order valence-electron chi connectivity index (χ4n) is 2.94. The van der Waals surface area contributed by atoms with Crippen molar-refractivity contribution in [3.05, 3.63) is 61.5 Å². The number of benzene rings is 2. The lowest BCUT2D eigenvalue weighted by molar-refractivity contribution is 0.0682. The first-order chi connectivity index (χ1) is 13.7. The number of carboxylic acid groups (broad SMARTS) is 2. The van der Waals surface area contributed by atoms with Gasteiger partial charge in [0, 0.05) is 20.1 Å². The first-order valence-corrected chi connectivity index (χ1v) is 10.5. The van der Waals surface area contributed by atoms with Crippen LogP contribution >= 0.6 is 31.9 Å². The van der Waals surface area contributed by atoms with Crippen LogP contribution in [0.15, 0.2) is 39.3 Å². The minimum atomic E-state index is -1.31. The van der Waals surface area contributed by atoms with Crippen LogP contribution in [0.3, 0.4) is 0 Å². The zero-order chi connectivity index (χ0) is 21.7. The number of aromatic carboxylic acids is 2. The molecule has 0 fully saturated rings. The van der Waals surface area contributed by atoms with Gasteiger partial charge in [-0.15, -0.1) is 0 Å². The number of halogens is 2. The molecule has 30 heavy (non-hydrogen) atoms. The van der Waals surface area contributed by atoms with E-state index in [0.717, 1.165) is 19.3 Å². The summed E-state index contributed by atoms with van der Waals surface area (Å²) in [4.78, 5) is 23.0. The molecule has 162 valence electrons. The van der Waals surface area contributed by atoms with E-state index in [1.807, 2.05) is 0 Å². The van der Waals surface area contributed by atoms with Gasteiger partial charge in [-0.25, -0.2) is 9.59 Å². The van der Waals surface area contributed by atoms with Crippen molar-refractivity contribution in [1.29, 1.82) is 0 Å². The van der Waals surface area contributed by atoms with Gasteiger partial charge in [0.2, 0.25) is 0 Å². The highest BCUT2D eigenvalue weighted by Gasteiger charge is 2.23. The summed E-state index contributed by atoms with van der Waals surface area (Å²) in [5, 5.41) is 40.0. The third-order valence-electron chi connectivity index (χ3n) is 4.35. The Bertz CT molecular complexity index is 916. The number of carboxylic acids is 2. The fourth-order valence-corrected chi connectivity index (χ4v) is 3.86. The van der Waals surface area contributed by atoms with Crippen molar-refractivity contribution in [2.75, 3.05) is 0 Å². The van der Waals surface area contributed by atoms with E-state index < -0.39 is 23.4 Å². The van der Waals surface area contributed by atoms with E-state index in [1.165, 1.54) is 24.3 Å². The van der Waals surface area contributed by atoms with Crippen molar-refractivity contribution >= 4 is 49.4 Å². The van der Waals surface area contributed by atoms with Crippen molar-refractivity contribution in [1.82, 2.24) is 6.15 Å². The maximum absolute atomic E-state index is 11.5. The lowest BCUT2D eigenvalue weighted by Gasteiger charge is -2.16. The van der Waals surface area contributed by atoms with Crippen LogP contribution in [0.25, 0.3) is 5.57 Å². The van der Waals surface area contributed by atoms with E-state index in [1.54, 1.807) is 6.08 Å². The van der Waals surface area contributed by atoms with Gasteiger partial charge in [-0.2, -0.15) is 0 Å². The van der Waals surface area contributed by atoms with Crippen molar-refractivity contribution in [2.45, 2.75) is 32.6 Å². The van der Waals surface area contributed by atoms with E-state index in [9.17, 15) is 30.0 Å². The highest BCUT2D eigenvalue weighted by Crippen LogP contribution is 2.41. The Kier molecular flexibility index (Phi) is 9.54. The number of carbonyl (C=O) groups is 2. The molecule has 0 bridgehead atoms. The maximum Gasteiger partial charge on any atom is 0.339 e. The average Bonchev–Trinajstić information content (AvgIpc) is 2.65. The largest absolute Gasteiger partial charge is 0.506 e. The number of phenols is 2. The Morgan fingerprint density at radius 2 is 1.23 bits per heavy atom. The smallest absolute Gasteiger partial charge is 0.339 e. The van der Waals surface area contributed by atoms with E-state index in [-0.39, 0.29) is 28.4 Å². The summed E-state index contributed by atoms with van der Waals surface area (Å²) in [5.41, 5.74) is 0.100. The number of rotatable bonds is 8. The molecule has 0 amide bonds. The minimum absolute atomic E-state index is 0. The standard InChI is InChI=1S/C21H20Br2O6.H3N/c1-2-3-4-5-6-13(14-7-11(22)9-16(18(14)24)20(26)27)15-8-12(23)10-17(19(15)25)21(28)29;/h6-10,24-25H,2-5H2,1H3,(H,26,27)(H,28,29);1H3. The maximum atomic E-state index is 11.5. The number of hydrogen-bond acceptors (Lipinski definition) is 5. The molecular formula is C21H23Br2NO6. The summed E-state index contributed by atoms with van der Waals surface area (Å²) in [5.74, 6) is -3.53. The number of aromatic hydroxyl groups is 2. The van der Waals surface area contributed by atoms with E-state index >= 15 is 0 Å². The van der Waals surface area contributed by atoms with Crippen molar-refractivity contribution in [3.63, 3.8) is 0 Å². The van der Waals surface area contributed by atoms with Gasteiger partial charge in [0.05, 0.1) is 0 Å². The zero-order valence-electron chi connectivity index (χ0n) is 16.3. The molecule has 7 nitrogen and oxygen atoms in total. The lowest BCUT2D eigenvalue weighted by Crippen LogP contribution is -2.03. The molecule has 0 atom stereocenters. The highest BCUT2D eigenvalue weighted by atomic mass is 79.9. The Hall–Kier alpha value is -2.36. The van der Waals surface area contributed by atoms with Crippen LogP contribution in [-0.2, 0) is 0 Å². The third-order valence-corrected chi connectivity index (χ3v) is 5.26. The van der Waals surface area contributed by atoms with Crippen LogP contribution in [0.5, 0.6) is 11.5 Å². The molecule has 0 aliphatic heterocycles. The summed E-state index contributed by atoms with van der Waals surface area (Å²) in [6.45, 7) is 2.06. The monoisotopic (exact) mass is 543 g/mol. The Balaban J connectivity index is 0.00000450. The quantitative estimate of drug-likeness (QED) is 0.248. The van der Waals surface area contributed by atoms with Crippen molar-refractivity contribution < 1.29 is 30.0 Å².